The van der Waals surface area contributed by atoms with Crippen molar-refractivity contribution < 1.29 is 19.4 Å². The number of ether oxygens (including phenoxy) is 1. The van der Waals surface area contributed by atoms with Crippen LogP contribution < -0.4 is 14.5 Å². The van der Waals surface area contributed by atoms with Gasteiger partial charge in [0, 0.05) is 49.9 Å². The van der Waals surface area contributed by atoms with Crippen LogP contribution in [0, 0.1) is 0 Å². The maximum absolute atomic E-state index is 13.2. The first-order valence-corrected chi connectivity index (χ1v) is 8.90. The van der Waals surface area contributed by atoms with Crippen LogP contribution in [0.25, 0.3) is 0 Å². The van der Waals surface area contributed by atoms with Crippen LogP contribution in [0.1, 0.15) is 34.7 Å². The van der Waals surface area contributed by atoms with E-state index in [1.807, 2.05) is 49.5 Å². The van der Waals surface area contributed by atoms with Gasteiger partial charge in [-0.25, -0.2) is 0 Å². The molecule has 1 aliphatic rings. The van der Waals surface area contributed by atoms with Crippen molar-refractivity contribution in [1.82, 2.24) is 0 Å². The van der Waals surface area contributed by atoms with Crippen LogP contribution in [0.5, 0.6) is 5.75 Å². The van der Waals surface area contributed by atoms with Crippen molar-refractivity contribution in [2.75, 3.05) is 37.5 Å². The normalized spacial score (nSPS) is 15.4. The summed E-state index contributed by atoms with van der Waals surface area (Å²) in [5.41, 5.74) is 3.35. The molecule has 0 radical (unpaired) electrons. The molecule has 0 spiro atoms. The van der Waals surface area contributed by atoms with E-state index >= 15 is 0 Å². The van der Waals surface area contributed by atoms with E-state index in [0.717, 1.165) is 29.2 Å². The number of carbonyl (C=O) groups excluding carboxylic acids is 1. The van der Waals surface area contributed by atoms with Gasteiger partial charge in [-0.1, -0.05) is 6.07 Å². The highest BCUT2D eigenvalue weighted by molar-refractivity contribution is 6.08. The van der Waals surface area contributed by atoms with Crippen LogP contribution in [0.4, 0.5) is 11.4 Å². The van der Waals surface area contributed by atoms with Gasteiger partial charge in [0.15, 0.2) is 0 Å². The minimum atomic E-state index is -0.815. The molecule has 0 aliphatic carbocycles. The van der Waals surface area contributed by atoms with Crippen molar-refractivity contribution in [3.05, 3.63) is 53.6 Å². The van der Waals surface area contributed by atoms with Crippen molar-refractivity contribution in [1.29, 1.82) is 0 Å². The summed E-state index contributed by atoms with van der Waals surface area (Å²) in [5, 5.41) is 9.05. The maximum atomic E-state index is 13.2. The number of fused-ring (bicyclic) bond motifs is 1. The number of carboxylic acids is 1. The monoisotopic (exact) mass is 368 g/mol. The molecule has 0 aromatic heterocycles. The molecule has 6 heteroatoms. The molecule has 0 bridgehead atoms. The van der Waals surface area contributed by atoms with E-state index < -0.39 is 5.97 Å². The third-order valence-electron chi connectivity index (χ3n) is 5.10. The Labute approximate surface area is 159 Å². The number of hydrogen-bond donors (Lipinski definition) is 1. The first-order valence-electron chi connectivity index (χ1n) is 8.90. The van der Waals surface area contributed by atoms with Crippen LogP contribution in [-0.4, -0.2) is 44.7 Å². The smallest absolute Gasteiger partial charge is 0.303 e. The summed E-state index contributed by atoms with van der Waals surface area (Å²) >= 11 is 0. The number of benzene rings is 2. The topological polar surface area (TPSA) is 70.1 Å². The number of aliphatic carboxylic acids is 1. The van der Waals surface area contributed by atoms with E-state index in [9.17, 15) is 9.59 Å². The van der Waals surface area contributed by atoms with Gasteiger partial charge in [0.05, 0.1) is 7.11 Å². The largest absolute Gasteiger partial charge is 0.497 e. The molecule has 2 aromatic carbocycles. The van der Waals surface area contributed by atoms with Gasteiger partial charge in [-0.05, 0) is 48.4 Å². The highest BCUT2D eigenvalue weighted by Gasteiger charge is 2.32. The Morgan fingerprint density at radius 2 is 1.93 bits per heavy atom. The summed E-state index contributed by atoms with van der Waals surface area (Å²) in [6.07, 6.45) is 0.609. The highest BCUT2D eigenvalue weighted by Crippen LogP contribution is 2.40. The lowest BCUT2D eigenvalue weighted by molar-refractivity contribution is -0.137. The lowest BCUT2D eigenvalue weighted by Crippen LogP contribution is -2.27. The first kappa shape index (κ1) is 18.8. The average Bonchev–Trinajstić information content (AvgIpc) is 3.01. The summed E-state index contributed by atoms with van der Waals surface area (Å²) in [4.78, 5) is 27.9. The fourth-order valence-electron chi connectivity index (χ4n) is 3.66. The Kier molecular flexibility index (Phi) is 5.35. The Morgan fingerprint density at radius 1 is 1.22 bits per heavy atom. The molecule has 3 rings (SSSR count). The zero-order valence-electron chi connectivity index (χ0n) is 15.8. The molecule has 1 amide bonds. The first-order chi connectivity index (χ1) is 12.9. The van der Waals surface area contributed by atoms with E-state index in [4.69, 9.17) is 9.84 Å². The molecular formula is C21H24N2O4. The van der Waals surface area contributed by atoms with Crippen molar-refractivity contribution >= 4 is 23.3 Å². The second-order valence-electron chi connectivity index (χ2n) is 6.81. The number of likely N-dealkylation sites (N-methyl/N-ethyl adjacent to an activating group) is 1. The zero-order chi connectivity index (χ0) is 19.6. The summed E-state index contributed by atoms with van der Waals surface area (Å²) in [7, 11) is 5.32. The molecule has 1 atom stereocenters. The van der Waals surface area contributed by atoms with E-state index in [-0.39, 0.29) is 18.2 Å². The third-order valence-corrected chi connectivity index (χ3v) is 5.10. The molecule has 0 saturated carbocycles. The maximum Gasteiger partial charge on any atom is 0.303 e. The molecule has 0 fully saturated rings. The number of hydrogen-bond acceptors (Lipinski definition) is 4. The predicted molar refractivity (Wildman–Crippen MR) is 105 cm³/mol. The van der Waals surface area contributed by atoms with E-state index in [1.54, 1.807) is 19.1 Å². The van der Waals surface area contributed by atoms with Crippen molar-refractivity contribution in [3.63, 3.8) is 0 Å². The average molecular weight is 368 g/mol. The lowest BCUT2D eigenvalue weighted by Gasteiger charge is -2.21. The number of methoxy groups -OCH3 is 1. The van der Waals surface area contributed by atoms with Gasteiger partial charge < -0.3 is 19.6 Å². The Bertz CT molecular complexity index is 848. The molecule has 0 saturated heterocycles. The second-order valence-corrected chi connectivity index (χ2v) is 6.81. The molecule has 2 aromatic rings. The van der Waals surface area contributed by atoms with Crippen LogP contribution in [0.15, 0.2) is 42.5 Å². The molecule has 6 nitrogen and oxygen atoms in total. The highest BCUT2D eigenvalue weighted by atomic mass is 16.5. The number of amides is 1. The van der Waals surface area contributed by atoms with Gasteiger partial charge >= 0.3 is 5.97 Å². The quantitative estimate of drug-likeness (QED) is 0.847. The fourth-order valence-corrected chi connectivity index (χ4v) is 3.66. The van der Waals surface area contributed by atoms with Gasteiger partial charge in [0.25, 0.3) is 5.91 Å². The standard InChI is InChI=1S/C21H24N2O4/c1-22-13-14(7-12-19(24)25)20-17(5-4-6-18(20)22)21(26)23(2)15-8-10-16(27-3)11-9-15/h4-6,8-11,14H,7,12-13H2,1-3H3,(H,24,25). The third kappa shape index (κ3) is 3.74. The van der Waals surface area contributed by atoms with Crippen LogP contribution in [0.3, 0.4) is 0 Å². The van der Waals surface area contributed by atoms with E-state index in [1.165, 1.54) is 0 Å². The molecule has 142 valence electrons. The number of anilines is 2. The Morgan fingerprint density at radius 3 is 2.56 bits per heavy atom. The molecular weight excluding hydrogens is 344 g/mol. The van der Waals surface area contributed by atoms with Crippen molar-refractivity contribution in [3.8, 4) is 5.75 Å². The van der Waals surface area contributed by atoms with Gasteiger partial charge in [0.2, 0.25) is 0 Å². The zero-order valence-corrected chi connectivity index (χ0v) is 15.8. The van der Waals surface area contributed by atoms with Gasteiger partial charge in [0.1, 0.15) is 5.75 Å². The molecule has 1 heterocycles. The predicted octanol–water partition coefficient (Wildman–Crippen LogP) is 3.37. The molecule has 1 N–H and O–H groups in total. The van der Waals surface area contributed by atoms with Crippen molar-refractivity contribution in [2.45, 2.75) is 18.8 Å². The van der Waals surface area contributed by atoms with Gasteiger partial charge in [-0.3, -0.25) is 9.59 Å². The SMILES string of the molecule is COc1ccc(N(C)C(=O)c2cccc3c2C(CCC(=O)O)CN3C)cc1. The van der Waals surface area contributed by atoms with Crippen molar-refractivity contribution in [2.24, 2.45) is 0 Å². The minimum absolute atomic E-state index is 0.0329. The molecule has 1 aliphatic heterocycles. The van der Waals surface area contributed by atoms with Gasteiger partial charge in [-0.15, -0.1) is 0 Å². The number of nitrogens with zero attached hydrogens (tertiary/aromatic N) is 2. The number of carbonyl (C=O) groups is 2. The summed E-state index contributed by atoms with van der Waals surface area (Å²) < 4.78 is 5.17. The van der Waals surface area contributed by atoms with E-state index in [2.05, 4.69) is 4.90 Å². The van der Waals surface area contributed by atoms with Crippen LogP contribution in [-0.2, 0) is 4.79 Å². The van der Waals surface area contributed by atoms with E-state index in [0.29, 0.717) is 12.0 Å². The number of carboxylic acid groups (broad SMARTS) is 1. The van der Waals surface area contributed by atoms with Gasteiger partial charge in [-0.2, -0.15) is 0 Å². The summed E-state index contributed by atoms with van der Waals surface area (Å²) in [6, 6.07) is 13.0. The summed E-state index contributed by atoms with van der Waals surface area (Å²) in [5.74, 6) is -0.154. The number of rotatable bonds is 6. The Balaban J connectivity index is 1.92. The molecule has 1 unspecified atom stereocenters. The van der Waals surface area contributed by atoms with Crippen LogP contribution >= 0.6 is 0 Å². The lowest BCUT2D eigenvalue weighted by atomic mass is 9.91. The summed E-state index contributed by atoms with van der Waals surface area (Å²) in [6.45, 7) is 0.721. The Hall–Kier alpha value is -3.02. The second kappa shape index (κ2) is 7.70. The minimum Gasteiger partial charge on any atom is -0.497 e. The fraction of sp³-hybridized carbons (Fsp3) is 0.333. The molecule has 27 heavy (non-hydrogen) atoms. The van der Waals surface area contributed by atoms with Crippen LogP contribution in [0.2, 0.25) is 0 Å².